The Kier molecular flexibility index (Phi) is 5.55. The van der Waals surface area contributed by atoms with Crippen molar-refractivity contribution in [3.05, 3.63) is 67.5 Å². The smallest absolute Gasteiger partial charge is 0.161 e. The second-order valence-electron chi connectivity index (χ2n) is 8.64. The van der Waals surface area contributed by atoms with Crippen LogP contribution in [-0.2, 0) is 0 Å². The Balaban J connectivity index is 1.38. The number of likely N-dealkylation sites (N-methyl/N-ethyl adjacent to an activating group) is 1. The van der Waals surface area contributed by atoms with E-state index >= 15 is 0 Å². The number of aromatic amines is 2. The summed E-state index contributed by atoms with van der Waals surface area (Å²) in [5.74, 6) is 1.31. The Morgan fingerprint density at radius 2 is 1.75 bits per heavy atom. The molecular formula is C26H23N9O. The Labute approximate surface area is 206 Å². The lowest BCUT2D eigenvalue weighted by atomic mass is 10.1. The highest BCUT2D eigenvalue weighted by Crippen LogP contribution is 2.31. The number of hydrogen-bond acceptors (Lipinski definition) is 8. The first kappa shape index (κ1) is 21.8. The number of nitrogens with one attached hydrogen (secondary N) is 2. The molecule has 0 unspecified atom stereocenters. The second kappa shape index (κ2) is 9.16. The van der Waals surface area contributed by atoms with Crippen molar-refractivity contribution in [3.8, 4) is 39.7 Å². The van der Waals surface area contributed by atoms with Crippen LogP contribution in [0.5, 0.6) is 5.75 Å². The third kappa shape index (κ3) is 4.14. The molecule has 0 amide bonds. The van der Waals surface area contributed by atoms with Crippen molar-refractivity contribution in [2.75, 3.05) is 27.2 Å². The number of pyridine rings is 4. The molecule has 6 heterocycles. The molecule has 0 aliphatic heterocycles. The minimum absolute atomic E-state index is 0.582. The Morgan fingerprint density at radius 1 is 0.861 bits per heavy atom. The summed E-state index contributed by atoms with van der Waals surface area (Å²) in [5, 5.41) is 7.58. The molecule has 0 saturated heterocycles. The van der Waals surface area contributed by atoms with Gasteiger partial charge in [0.25, 0.3) is 0 Å². The summed E-state index contributed by atoms with van der Waals surface area (Å²) in [6, 6.07) is 9.73. The monoisotopic (exact) mass is 477 g/mol. The van der Waals surface area contributed by atoms with Crippen molar-refractivity contribution in [2.24, 2.45) is 0 Å². The summed E-state index contributed by atoms with van der Waals surface area (Å²) in [6.45, 7) is 1.40. The standard InChI is InChI=1S/C26H23N9O/c1-35(2)8-9-36-18-10-17(12-28-13-18)20-5-6-21-24(30-20)25(34-33-21)26-31-22-15-29-14-19(23(22)32-26)16-4-3-7-27-11-16/h3-7,10-15H,8-9H2,1-2H3,(H,31,32)(H,33,34). The van der Waals surface area contributed by atoms with E-state index in [4.69, 9.17) is 14.7 Å². The fraction of sp³-hybridized carbons (Fsp3) is 0.154. The van der Waals surface area contributed by atoms with Gasteiger partial charge in [-0.15, -0.1) is 0 Å². The fourth-order valence-electron chi connectivity index (χ4n) is 3.99. The van der Waals surface area contributed by atoms with Crippen molar-refractivity contribution >= 4 is 22.1 Å². The SMILES string of the molecule is CN(C)CCOc1cncc(-c2ccc3[nH]nc(-c4nc5c(-c6cccnc6)cncc5[nH]4)c3n2)c1. The van der Waals surface area contributed by atoms with Crippen LogP contribution < -0.4 is 4.74 Å². The Bertz CT molecular complexity index is 1660. The normalized spacial score (nSPS) is 11.5. The second-order valence-corrected chi connectivity index (χ2v) is 8.64. The predicted molar refractivity (Wildman–Crippen MR) is 137 cm³/mol. The van der Waals surface area contributed by atoms with Gasteiger partial charge in [-0.3, -0.25) is 20.1 Å². The topological polar surface area (TPSA) is 121 Å². The maximum atomic E-state index is 5.85. The van der Waals surface area contributed by atoms with Gasteiger partial charge >= 0.3 is 0 Å². The number of imidazole rings is 1. The average molecular weight is 478 g/mol. The van der Waals surface area contributed by atoms with Crippen LogP contribution in [0.2, 0.25) is 0 Å². The van der Waals surface area contributed by atoms with Crippen LogP contribution in [0.3, 0.4) is 0 Å². The summed E-state index contributed by atoms with van der Waals surface area (Å²) < 4.78 is 5.85. The molecule has 0 bridgehead atoms. The number of fused-ring (bicyclic) bond motifs is 2. The highest BCUT2D eigenvalue weighted by molar-refractivity contribution is 5.95. The molecule has 6 aromatic rings. The van der Waals surface area contributed by atoms with Gasteiger partial charge in [0.2, 0.25) is 0 Å². The first-order valence-electron chi connectivity index (χ1n) is 11.5. The quantitative estimate of drug-likeness (QED) is 0.354. The van der Waals surface area contributed by atoms with Gasteiger partial charge in [-0.1, -0.05) is 6.07 Å². The van der Waals surface area contributed by atoms with Gasteiger partial charge in [-0.05, 0) is 38.4 Å². The highest BCUT2D eigenvalue weighted by atomic mass is 16.5. The van der Waals surface area contributed by atoms with E-state index in [2.05, 4.69) is 35.0 Å². The van der Waals surface area contributed by atoms with Gasteiger partial charge < -0.3 is 14.6 Å². The van der Waals surface area contributed by atoms with Crippen molar-refractivity contribution in [3.63, 3.8) is 0 Å². The van der Waals surface area contributed by atoms with E-state index in [1.165, 1.54) is 0 Å². The lowest BCUT2D eigenvalue weighted by molar-refractivity contribution is 0.261. The average Bonchev–Trinajstić information content (AvgIpc) is 3.53. The molecule has 6 rings (SSSR count). The molecule has 0 spiro atoms. The molecule has 10 heteroatoms. The molecule has 10 nitrogen and oxygen atoms in total. The summed E-state index contributed by atoms with van der Waals surface area (Å²) >= 11 is 0. The number of hydrogen-bond donors (Lipinski definition) is 2. The maximum absolute atomic E-state index is 5.85. The van der Waals surface area contributed by atoms with Crippen LogP contribution in [0.25, 0.3) is 56.0 Å². The van der Waals surface area contributed by atoms with Crippen LogP contribution in [0.4, 0.5) is 0 Å². The van der Waals surface area contributed by atoms with Gasteiger partial charge in [0.15, 0.2) is 11.5 Å². The number of ether oxygens (including phenoxy) is 1. The number of aromatic nitrogens is 8. The lowest BCUT2D eigenvalue weighted by Gasteiger charge is -2.11. The first-order chi connectivity index (χ1) is 17.7. The number of rotatable bonds is 7. The predicted octanol–water partition coefficient (Wildman–Crippen LogP) is 3.96. The van der Waals surface area contributed by atoms with Crippen LogP contribution in [0.1, 0.15) is 0 Å². The highest BCUT2D eigenvalue weighted by Gasteiger charge is 2.17. The third-order valence-corrected chi connectivity index (χ3v) is 5.81. The van der Waals surface area contributed by atoms with E-state index in [-0.39, 0.29) is 0 Å². The fourth-order valence-corrected chi connectivity index (χ4v) is 3.99. The van der Waals surface area contributed by atoms with E-state index < -0.39 is 0 Å². The molecule has 2 N–H and O–H groups in total. The molecule has 0 saturated carbocycles. The molecule has 178 valence electrons. The molecule has 0 aliphatic rings. The summed E-state index contributed by atoms with van der Waals surface area (Å²) in [7, 11) is 4.02. The maximum Gasteiger partial charge on any atom is 0.161 e. The van der Waals surface area contributed by atoms with Crippen molar-refractivity contribution < 1.29 is 4.74 Å². The van der Waals surface area contributed by atoms with E-state index in [0.29, 0.717) is 29.4 Å². The summed E-state index contributed by atoms with van der Waals surface area (Å²) in [6.07, 6.45) is 10.6. The molecule has 0 aromatic carbocycles. The minimum atomic E-state index is 0.582. The Morgan fingerprint density at radius 3 is 2.61 bits per heavy atom. The van der Waals surface area contributed by atoms with E-state index in [0.717, 1.165) is 45.5 Å². The van der Waals surface area contributed by atoms with Crippen LogP contribution in [-0.4, -0.2) is 72.2 Å². The molecule has 0 aliphatic carbocycles. The van der Waals surface area contributed by atoms with E-state index in [1.54, 1.807) is 37.2 Å². The molecule has 0 radical (unpaired) electrons. The zero-order valence-corrected chi connectivity index (χ0v) is 19.8. The van der Waals surface area contributed by atoms with Gasteiger partial charge in [0.05, 0.1) is 29.1 Å². The number of nitrogens with zero attached hydrogens (tertiary/aromatic N) is 7. The third-order valence-electron chi connectivity index (χ3n) is 5.81. The summed E-state index contributed by atoms with van der Waals surface area (Å²) in [5.41, 5.74) is 7.23. The van der Waals surface area contributed by atoms with Gasteiger partial charge in [0.1, 0.15) is 23.4 Å². The van der Waals surface area contributed by atoms with E-state index in [1.807, 2.05) is 44.4 Å². The van der Waals surface area contributed by atoms with Crippen LogP contribution in [0.15, 0.2) is 67.5 Å². The van der Waals surface area contributed by atoms with Crippen molar-refractivity contribution in [1.82, 2.24) is 45.0 Å². The Hall–Kier alpha value is -4.70. The lowest BCUT2D eigenvalue weighted by Crippen LogP contribution is -2.19. The molecule has 6 aromatic heterocycles. The molecular weight excluding hydrogens is 454 g/mol. The molecule has 0 fully saturated rings. The van der Waals surface area contributed by atoms with Crippen LogP contribution >= 0.6 is 0 Å². The zero-order valence-electron chi connectivity index (χ0n) is 19.8. The van der Waals surface area contributed by atoms with E-state index in [9.17, 15) is 0 Å². The van der Waals surface area contributed by atoms with Crippen molar-refractivity contribution in [2.45, 2.75) is 0 Å². The molecule has 0 atom stereocenters. The molecule has 36 heavy (non-hydrogen) atoms. The summed E-state index contributed by atoms with van der Waals surface area (Å²) in [4.78, 5) is 28.1. The minimum Gasteiger partial charge on any atom is -0.491 e. The number of H-pyrrole nitrogens is 2. The van der Waals surface area contributed by atoms with Gasteiger partial charge in [0, 0.05) is 48.0 Å². The zero-order chi connectivity index (χ0) is 24.5. The first-order valence-corrected chi connectivity index (χ1v) is 11.5. The largest absolute Gasteiger partial charge is 0.491 e. The van der Waals surface area contributed by atoms with Gasteiger partial charge in [-0.25, -0.2) is 9.97 Å². The van der Waals surface area contributed by atoms with Gasteiger partial charge in [-0.2, -0.15) is 5.10 Å². The van der Waals surface area contributed by atoms with Crippen molar-refractivity contribution in [1.29, 1.82) is 0 Å². The van der Waals surface area contributed by atoms with Crippen LogP contribution in [0, 0.1) is 0 Å².